The van der Waals surface area contributed by atoms with Gasteiger partial charge in [-0.25, -0.2) is 0 Å². The summed E-state index contributed by atoms with van der Waals surface area (Å²) in [5.41, 5.74) is 5.22. The Bertz CT molecular complexity index is 279. The zero-order chi connectivity index (χ0) is 13.8. The summed E-state index contributed by atoms with van der Waals surface area (Å²) in [7, 11) is 0. The lowest BCUT2D eigenvalue weighted by Crippen LogP contribution is -2.53. The first-order valence-corrected chi connectivity index (χ1v) is 7.10. The molecule has 0 saturated carbocycles. The normalized spacial score (nSPS) is 26.4. The molecule has 106 valence electrons. The minimum absolute atomic E-state index is 0.290. The molecule has 2 N–H and O–H groups in total. The second-order valence-corrected chi connectivity index (χ2v) is 5.77. The van der Waals surface area contributed by atoms with Crippen LogP contribution < -0.4 is 5.73 Å². The van der Waals surface area contributed by atoms with E-state index in [1.807, 2.05) is 6.92 Å². The van der Waals surface area contributed by atoms with E-state index in [-0.39, 0.29) is 5.97 Å². The highest BCUT2D eigenvalue weighted by molar-refractivity contribution is 5.80. The van der Waals surface area contributed by atoms with E-state index >= 15 is 0 Å². The van der Waals surface area contributed by atoms with Gasteiger partial charge in [-0.2, -0.15) is 0 Å². The molecule has 3 unspecified atom stereocenters. The number of hydrogen-bond acceptors (Lipinski definition) is 4. The van der Waals surface area contributed by atoms with Gasteiger partial charge in [0.15, 0.2) is 0 Å². The van der Waals surface area contributed by atoms with Gasteiger partial charge < -0.3 is 10.5 Å². The van der Waals surface area contributed by atoms with Crippen molar-refractivity contribution < 1.29 is 9.53 Å². The van der Waals surface area contributed by atoms with Crippen LogP contribution in [0.15, 0.2) is 0 Å². The number of carbonyl (C=O) groups is 1. The molecule has 3 atom stereocenters. The van der Waals surface area contributed by atoms with Gasteiger partial charge in [-0.1, -0.05) is 6.42 Å². The van der Waals surface area contributed by atoms with Crippen LogP contribution in [-0.4, -0.2) is 41.6 Å². The molecule has 1 aliphatic heterocycles. The highest BCUT2D eigenvalue weighted by atomic mass is 16.5. The van der Waals surface area contributed by atoms with Gasteiger partial charge in [0, 0.05) is 12.1 Å². The molecular weight excluding hydrogens is 228 g/mol. The molecule has 0 aliphatic carbocycles. The Morgan fingerprint density at radius 1 is 1.56 bits per heavy atom. The maximum atomic E-state index is 11.8. The number of nitrogens with two attached hydrogens (primary N) is 1. The van der Waals surface area contributed by atoms with E-state index in [1.165, 1.54) is 19.3 Å². The molecule has 4 nitrogen and oxygen atoms in total. The van der Waals surface area contributed by atoms with E-state index in [9.17, 15) is 4.79 Å². The Kier molecular flexibility index (Phi) is 5.60. The number of hydrogen-bond donors (Lipinski definition) is 1. The van der Waals surface area contributed by atoms with E-state index in [0.29, 0.717) is 25.1 Å². The maximum absolute atomic E-state index is 11.8. The number of piperidine rings is 1. The topological polar surface area (TPSA) is 55.6 Å². The van der Waals surface area contributed by atoms with Crippen LogP contribution in [0.4, 0.5) is 0 Å². The van der Waals surface area contributed by atoms with Gasteiger partial charge >= 0.3 is 5.97 Å². The van der Waals surface area contributed by atoms with Crippen molar-refractivity contribution in [2.24, 2.45) is 5.73 Å². The molecule has 1 fully saturated rings. The summed E-state index contributed by atoms with van der Waals surface area (Å²) in [6, 6.07) is 0.909. The van der Waals surface area contributed by atoms with Crippen LogP contribution in [0.25, 0.3) is 0 Å². The third-order valence-electron chi connectivity index (χ3n) is 3.88. The van der Waals surface area contributed by atoms with Crippen LogP contribution in [-0.2, 0) is 9.53 Å². The van der Waals surface area contributed by atoms with Gasteiger partial charge in [-0.3, -0.25) is 9.69 Å². The van der Waals surface area contributed by atoms with Crippen molar-refractivity contribution in [2.75, 3.05) is 13.2 Å². The lowest BCUT2D eigenvalue weighted by molar-refractivity contribution is -0.149. The van der Waals surface area contributed by atoms with E-state index in [0.717, 1.165) is 6.54 Å². The Morgan fingerprint density at radius 3 is 2.78 bits per heavy atom. The Balaban J connectivity index is 2.56. The number of nitrogens with zero attached hydrogens (tertiary/aromatic N) is 1. The number of likely N-dealkylation sites (tertiary alicyclic amines) is 1. The molecule has 0 amide bonds. The van der Waals surface area contributed by atoms with Gasteiger partial charge in [0.1, 0.15) is 5.54 Å². The SMILES string of the molecule is CCOC(=O)C(C)(N)CC(C)N1CCCCC1C. The van der Waals surface area contributed by atoms with Gasteiger partial charge in [-0.05, 0) is 53.5 Å². The molecule has 1 saturated heterocycles. The third kappa shape index (κ3) is 3.95. The fraction of sp³-hybridized carbons (Fsp3) is 0.929. The zero-order valence-corrected chi connectivity index (χ0v) is 12.2. The lowest BCUT2D eigenvalue weighted by atomic mass is 9.91. The summed E-state index contributed by atoms with van der Waals surface area (Å²) in [6.07, 6.45) is 4.44. The molecule has 1 rings (SSSR count). The second kappa shape index (κ2) is 6.53. The first-order valence-electron chi connectivity index (χ1n) is 7.10. The standard InChI is InChI=1S/C14H28N2O2/c1-5-18-13(17)14(4,15)10-12(3)16-9-7-6-8-11(16)2/h11-12H,5-10,15H2,1-4H3. The van der Waals surface area contributed by atoms with Crippen LogP contribution in [0.1, 0.15) is 53.4 Å². The van der Waals surface area contributed by atoms with Crippen molar-refractivity contribution in [2.45, 2.75) is 71.0 Å². The summed E-state index contributed by atoms with van der Waals surface area (Å²) < 4.78 is 5.04. The van der Waals surface area contributed by atoms with Crippen LogP contribution in [0.2, 0.25) is 0 Å². The molecule has 1 heterocycles. The van der Waals surface area contributed by atoms with Crippen molar-refractivity contribution >= 4 is 5.97 Å². The summed E-state index contributed by atoms with van der Waals surface area (Å²) >= 11 is 0. The van der Waals surface area contributed by atoms with Crippen molar-refractivity contribution in [3.05, 3.63) is 0 Å². The van der Waals surface area contributed by atoms with Gasteiger partial charge in [0.05, 0.1) is 6.61 Å². The molecule has 18 heavy (non-hydrogen) atoms. The molecule has 4 heteroatoms. The molecule has 0 aromatic carbocycles. The van der Waals surface area contributed by atoms with Gasteiger partial charge in [-0.15, -0.1) is 0 Å². The van der Waals surface area contributed by atoms with E-state index in [4.69, 9.17) is 10.5 Å². The monoisotopic (exact) mass is 256 g/mol. The predicted molar refractivity (Wildman–Crippen MR) is 73.3 cm³/mol. The summed E-state index contributed by atoms with van der Waals surface area (Å²) in [4.78, 5) is 14.3. The van der Waals surface area contributed by atoms with Gasteiger partial charge in [0.25, 0.3) is 0 Å². The molecular formula is C14H28N2O2. The summed E-state index contributed by atoms with van der Waals surface area (Å²) in [5, 5.41) is 0. The third-order valence-corrected chi connectivity index (χ3v) is 3.88. The van der Waals surface area contributed by atoms with E-state index in [1.54, 1.807) is 6.92 Å². The largest absolute Gasteiger partial charge is 0.465 e. The molecule has 0 spiro atoms. The zero-order valence-electron chi connectivity index (χ0n) is 12.2. The minimum atomic E-state index is -0.882. The summed E-state index contributed by atoms with van der Waals surface area (Å²) in [6.45, 7) is 9.50. The number of rotatable bonds is 5. The average molecular weight is 256 g/mol. The Hall–Kier alpha value is -0.610. The predicted octanol–water partition coefficient (Wildman–Crippen LogP) is 1.92. The smallest absolute Gasteiger partial charge is 0.325 e. The molecule has 0 bridgehead atoms. The first-order chi connectivity index (χ1) is 8.38. The number of carbonyl (C=O) groups excluding carboxylic acids is 1. The second-order valence-electron chi connectivity index (χ2n) is 5.77. The van der Waals surface area contributed by atoms with Crippen molar-refractivity contribution in [1.29, 1.82) is 0 Å². The van der Waals surface area contributed by atoms with Gasteiger partial charge in [0.2, 0.25) is 0 Å². The highest BCUT2D eigenvalue weighted by Gasteiger charge is 2.35. The molecule has 0 aromatic heterocycles. The molecule has 1 aliphatic rings. The van der Waals surface area contributed by atoms with Crippen molar-refractivity contribution in [1.82, 2.24) is 4.90 Å². The minimum Gasteiger partial charge on any atom is -0.465 e. The van der Waals surface area contributed by atoms with Crippen molar-refractivity contribution in [3.8, 4) is 0 Å². The van der Waals surface area contributed by atoms with Crippen LogP contribution in [0.3, 0.4) is 0 Å². The Labute approximate surface area is 111 Å². The molecule has 0 aromatic rings. The fourth-order valence-electron chi connectivity index (χ4n) is 2.89. The van der Waals surface area contributed by atoms with E-state index < -0.39 is 5.54 Å². The number of esters is 1. The average Bonchev–Trinajstić information content (AvgIpc) is 2.29. The van der Waals surface area contributed by atoms with Crippen LogP contribution >= 0.6 is 0 Å². The maximum Gasteiger partial charge on any atom is 0.325 e. The summed E-state index contributed by atoms with van der Waals surface area (Å²) in [5.74, 6) is -0.290. The highest BCUT2D eigenvalue weighted by Crippen LogP contribution is 2.23. The Morgan fingerprint density at radius 2 is 2.22 bits per heavy atom. The lowest BCUT2D eigenvalue weighted by Gasteiger charge is -2.40. The first kappa shape index (κ1) is 15.4. The molecule has 0 radical (unpaired) electrons. The van der Waals surface area contributed by atoms with Crippen molar-refractivity contribution in [3.63, 3.8) is 0 Å². The number of ether oxygens (including phenoxy) is 1. The van der Waals surface area contributed by atoms with Crippen LogP contribution in [0.5, 0.6) is 0 Å². The quantitative estimate of drug-likeness (QED) is 0.764. The van der Waals surface area contributed by atoms with E-state index in [2.05, 4.69) is 18.7 Å². The van der Waals surface area contributed by atoms with Crippen LogP contribution in [0, 0.1) is 0 Å². The fourth-order valence-corrected chi connectivity index (χ4v) is 2.89.